The van der Waals surface area contributed by atoms with Crippen molar-refractivity contribution in [1.82, 2.24) is 0 Å². The summed E-state index contributed by atoms with van der Waals surface area (Å²) >= 11 is 6.11. The number of carboxylic acid groups (broad SMARTS) is 1. The second-order valence-corrected chi connectivity index (χ2v) is 10.9. The van der Waals surface area contributed by atoms with Gasteiger partial charge in [0.1, 0.15) is 0 Å². The van der Waals surface area contributed by atoms with Gasteiger partial charge in [0.25, 0.3) is 0 Å². The summed E-state index contributed by atoms with van der Waals surface area (Å²) in [6.07, 6.45) is 1.01. The Morgan fingerprint density at radius 2 is 1.58 bits per heavy atom. The monoisotopic (exact) mass is 529 g/mol. The van der Waals surface area contributed by atoms with E-state index in [1.165, 1.54) is 14.2 Å². The first-order chi connectivity index (χ1) is 17.3. The summed E-state index contributed by atoms with van der Waals surface area (Å²) in [7, 11) is -1.14. The van der Waals surface area contributed by atoms with Crippen molar-refractivity contribution in [3.05, 3.63) is 88.9 Å². The van der Waals surface area contributed by atoms with Crippen LogP contribution in [0.5, 0.6) is 0 Å². The molecule has 1 aliphatic heterocycles. The molecule has 1 atom stereocenters. The van der Waals surface area contributed by atoms with E-state index in [1.807, 2.05) is 60.7 Å². The van der Waals surface area contributed by atoms with Crippen LogP contribution in [0.4, 0.5) is 5.69 Å². The number of nitrogens with zero attached hydrogens (tertiary/aromatic N) is 1. The van der Waals surface area contributed by atoms with Crippen LogP contribution in [0.15, 0.2) is 72.8 Å². The number of hydrogen-bond donors (Lipinski definition) is 1. The third kappa shape index (κ3) is 6.00. The highest BCUT2D eigenvalue weighted by Crippen LogP contribution is 2.55. The molecule has 9 heteroatoms. The molecule has 3 aromatic carbocycles. The minimum Gasteiger partial charge on any atom is -0.478 e. The molecule has 36 heavy (non-hydrogen) atoms. The lowest BCUT2D eigenvalue weighted by atomic mass is 9.84. The lowest BCUT2D eigenvalue weighted by molar-refractivity contribution is 0.0602. The van der Waals surface area contributed by atoms with Crippen LogP contribution < -0.4 is 4.90 Å². The normalized spacial score (nSPS) is 15.6. The number of carboxylic acids is 1. The topological polar surface area (TPSA) is 85.3 Å². The molecule has 0 bridgehead atoms. The summed E-state index contributed by atoms with van der Waals surface area (Å²) in [5.74, 6) is -0.896. The number of carbonyl (C=O) groups is 1. The molecule has 1 fully saturated rings. The Labute approximate surface area is 216 Å². The maximum Gasteiger partial charge on any atom is 0.474 e. The van der Waals surface area contributed by atoms with E-state index >= 15 is 0 Å². The zero-order valence-electron chi connectivity index (χ0n) is 20.2. The SMILES string of the molecule is COP(=O)(OC)O[C@@H](c1ccccc1-c1ccc(Cl)cc1)C1CCN(c2ccc(C(=O)O)cc2)CC1. The maximum absolute atomic E-state index is 13.1. The van der Waals surface area contributed by atoms with Crippen LogP contribution in [0.25, 0.3) is 11.1 Å². The smallest absolute Gasteiger partial charge is 0.474 e. The highest BCUT2D eigenvalue weighted by atomic mass is 35.5. The van der Waals surface area contributed by atoms with Gasteiger partial charge in [0.2, 0.25) is 0 Å². The molecule has 7 nitrogen and oxygen atoms in total. The van der Waals surface area contributed by atoms with Gasteiger partial charge in [0, 0.05) is 38.0 Å². The van der Waals surface area contributed by atoms with E-state index in [0.717, 1.165) is 48.3 Å². The standard InChI is InChI=1S/C27H29ClNO6P/c1-33-36(32,34-2)35-26(25-6-4-3-5-24(25)19-7-11-22(28)12-8-19)20-15-17-29(18-16-20)23-13-9-21(10-14-23)27(30)31/h3-14,20,26H,15-18H2,1-2H3,(H,30,31)/t26-/m1/s1. The molecule has 3 aromatic rings. The molecule has 0 radical (unpaired) electrons. The van der Waals surface area contributed by atoms with E-state index < -0.39 is 19.9 Å². The molecule has 0 amide bonds. The molecule has 0 unspecified atom stereocenters. The Kier molecular flexibility index (Phi) is 8.50. The van der Waals surface area contributed by atoms with E-state index in [0.29, 0.717) is 5.02 Å². The second kappa shape index (κ2) is 11.6. The summed E-state index contributed by atoms with van der Waals surface area (Å²) < 4.78 is 29.5. The van der Waals surface area contributed by atoms with Crippen LogP contribution >= 0.6 is 19.4 Å². The van der Waals surface area contributed by atoms with Gasteiger partial charge in [-0.2, -0.15) is 0 Å². The molecule has 4 rings (SSSR count). The summed E-state index contributed by atoms with van der Waals surface area (Å²) in [6, 6.07) is 22.4. The number of piperidine rings is 1. The van der Waals surface area contributed by atoms with Crippen molar-refractivity contribution >= 4 is 31.1 Å². The van der Waals surface area contributed by atoms with Crippen molar-refractivity contribution in [2.45, 2.75) is 18.9 Å². The average Bonchev–Trinajstić information content (AvgIpc) is 2.92. The van der Waals surface area contributed by atoms with Gasteiger partial charge in [-0.15, -0.1) is 0 Å². The van der Waals surface area contributed by atoms with Crippen LogP contribution in [0.2, 0.25) is 5.02 Å². The van der Waals surface area contributed by atoms with Crippen molar-refractivity contribution in [1.29, 1.82) is 0 Å². The van der Waals surface area contributed by atoms with Crippen LogP contribution in [0.3, 0.4) is 0 Å². The molecular formula is C27H29ClNO6P. The molecule has 0 aromatic heterocycles. The number of rotatable bonds is 9. The predicted molar refractivity (Wildman–Crippen MR) is 141 cm³/mol. The van der Waals surface area contributed by atoms with Gasteiger partial charge in [0.15, 0.2) is 0 Å². The van der Waals surface area contributed by atoms with Gasteiger partial charge in [-0.25, -0.2) is 9.36 Å². The van der Waals surface area contributed by atoms with Crippen molar-refractivity contribution in [2.75, 3.05) is 32.2 Å². The molecule has 0 spiro atoms. The van der Waals surface area contributed by atoms with E-state index in [-0.39, 0.29) is 11.5 Å². The third-order valence-electron chi connectivity index (χ3n) is 6.56. The minimum absolute atomic E-state index is 0.0478. The Morgan fingerprint density at radius 3 is 2.17 bits per heavy atom. The fraction of sp³-hybridized carbons (Fsp3) is 0.296. The maximum atomic E-state index is 13.1. The summed E-state index contributed by atoms with van der Waals surface area (Å²) in [5, 5.41) is 9.81. The van der Waals surface area contributed by atoms with Gasteiger partial charge < -0.3 is 10.0 Å². The van der Waals surface area contributed by atoms with Crippen molar-refractivity contribution in [3.8, 4) is 11.1 Å². The fourth-order valence-electron chi connectivity index (χ4n) is 4.61. The summed E-state index contributed by atoms with van der Waals surface area (Å²) in [5.41, 5.74) is 4.07. The highest BCUT2D eigenvalue weighted by molar-refractivity contribution is 7.48. The second-order valence-electron chi connectivity index (χ2n) is 8.61. The first-order valence-electron chi connectivity index (χ1n) is 11.7. The quantitative estimate of drug-likeness (QED) is 0.296. The van der Waals surface area contributed by atoms with E-state index in [1.54, 1.807) is 12.1 Å². The molecule has 1 N–H and O–H groups in total. The Hall–Kier alpha value is -2.67. The molecule has 0 saturated carbocycles. The number of benzene rings is 3. The number of anilines is 1. The number of halogens is 1. The molecule has 0 aliphatic carbocycles. The largest absolute Gasteiger partial charge is 0.478 e. The van der Waals surface area contributed by atoms with E-state index in [4.69, 9.17) is 30.3 Å². The number of hydrogen-bond acceptors (Lipinski definition) is 6. The predicted octanol–water partition coefficient (Wildman–Crippen LogP) is 7.08. The van der Waals surface area contributed by atoms with Crippen LogP contribution in [-0.4, -0.2) is 38.4 Å². The Bertz CT molecular complexity index is 1220. The summed E-state index contributed by atoms with van der Waals surface area (Å²) in [6.45, 7) is 1.48. The van der Waals surface area contributed by atoms with Gasteiger partial charge in [-0.05, 0) is 71.8 Å². The third-order valence-corrected chi connectivity index (χ3v) is 8.19. The van der Waals surface area contributed by atoms with Crippen LogP contribution in [0, 0.1) is 5.92 Å². The van der Waals surface area contributed by atoms with E-state index in [9.17, 15) is 9.36 Å². The van der Waals surface area contributed by atoms with Crippen LogP contribution in [0.1, 0.15) is 34.9 Å². The average molecular weight is 530 g/mol. The minimum atomic E-state index is -3.77. The van der Waals surface area contributed by atoms with Crippen molar-refractivity contribution in [2.24, 2.45) is 5.92 Å². The molecule has 1 saturated heterocycles. The Balaban J connectivity index is 1.62. The van der Waals surface area contributed by atoms with Crippen molar-refractivity contribution < 1.29 is 28.0 Å². The molecule has 1 aliphatic rings. The first-order valence-corrected chi connectivity index (χ1v) is 13.5. The summed E-state index contributed by atoms with van der Waals surface area (Å²) in [4.78, 5) is 13.4. The lowest BCUT2D eigenvalue weighted by Crippen LogP contribution is -2.36. The molecule has 190 valence electrons. The fourth-order valence-corrected chi connectivity index (χ4v) is 5.62. The van der Waals surface area contributed by atoms with Gasteiger partial charge >= 0.3 is 13.8 Å². The first kappa shape index (κ1) is 26.4. The lowest BCUT2D eigenvalue weighted by Gasteiger charge is -2.38. The van der Waals surface area contributed by atoms with Gasteiger partial charge in [0.05, 0.1) is 11.7 Å². The molecular weight excluding hydrogens is 501 g/mol. The van der Waals surface area contributed by atoms with Crippen LogP contribution in [-0.2, 0) is 18.1 Å². The van der Waals surface area contributed by atoms with Crippen molar-refractivity contribution in [3.63, 3.8) is 0 Å². The number of aromatic carboxylic acids is 1. The van der Waals surface area contributed by atoms with E-state index in [2.05, 4.69) is 4.90 Å². The van der Waals surface area contributed by atoms with Gasteiger partial charge in [-0.1, -0.05) is 48.0 Å². The highest BCUT2D eigenvalue weighted by Gasteiger charge is 2.37. The zero-order valence-corrected chi connectivity index (χ0v) is 21.8. The molecule has 1 heterocycles. The number of phosphoric acid groups is 1. The Morgan fingerprint density at radius 1 is 0.972 bits per heavy atom. The van der Waals surface area contributed by atoms with Gasteiger partial charge in [-0.3, -0.25) is 13.6 Å². The number of phosphoric ester groups is 1. The zero-order chi connectivity index (χ0) is 25.7.